The van der Waals surface area contributed by atoms with Crippen molar-refractivity contribution in [3.8, 4) is 0 Å². The molecule has 1 aliphatic rings. The van der Waals surface area contributed by atoms with Gasteiger partial charge in [0.15, 0.2) is 0 Å². The molecule has 0 aliphatic carbocycles. The van der Waals surface area contributed by atoms with Gasteiger partial charge in [-0.05, 0) is 30.7 Å². The van der Waals surface area contributed by atoms with Crippen LogP contribution in [0.2, 0.25) is 5.02 Å². The van der Waals surface area contributed by atoms with Gasteiger partial charge in [-0.2, -0.15) is 0 Å². The molecule has 1 aromatic carbocycles. The molecule has 0 aromatic heterocycles. The van der Waals surface area contributed by atoms with Gasteiger partial charge in [-0.3, -0.25) is 0 Å². The van der Waals surface area contributed by atoms with Gasteiger partial charge in [0.1, 0.15) is 0 Å². The van der Waals surface area contributed by atoms with E-state index in [0.717, 1.165) is 0 Å². The van der Waals surface area contributed by atoms with Crippen molar-refractivity contribution in [1.29, 1.82) is 0 Å². The van der Waals surface area contributed by atoms with Crippen LogP contribution in [0.25, 0.3) is 0 Å². The Balaban J connectivity index is 2.07. The van der Waals surface area contributed by atoms with Crippen molar-refractivity contribution in [3.05, 3.63) is 34.9 Å². The van der Waals surface area contributed by atoms with Gasteiger partial charge in [-0.1, -0.05) is 23.7 Å². The lowest BCUT2D eigenvalue weighted by Crippen LogP contribution is -2.32. The van der Waals surface area contributed by atoms with Gasteiger partial charge in [-0.15, -0.1) is 0 Å². The summed E-state index contributed by atoms with van der Waals surface area (Å²) < 4.78 is 27.7. The molecule has 1 nitrogen and oxygen atoms in total. The van der Waals surface area contributed by atoms with Gasteiger partial charge in [0, 0.05) is 23.9 Å². The molecule has 1 fully saturated rings. The molecule has 0 bridgehead atoms. The predicted molar refractivity (Wildman–Crippen MR) is 61.1 cm³/mol. The molecule has 1 unspecified atom stereocenters. The summed E-state index contributed by atoms with van der Waals surface area (Å²) in [5.41, 5.74) is 0.601. The van der Waals surface area contributed by atoms with E-state index in [1.54, 1.807) is 24.3 Å². The molecule has 88 valence electrons. The van der Waals surface area contributed by atoms with Gasteiger partial charge in [0.2, 0.25) is 0 Å². The maximum Gasteiger partial charge on any atom is 0.256 e. The van der Waals surface area contributed by atoms with Gasteiger partial charge in [0.25, 0.3) is 5.92 Å². The van der Waals surface area contributed by atoms with Crippen molar-refractivity contribution in [1.82, 2.24) is 5.32 Å². The summed E-state index contributed by atoms with van der Waals surface area (Å²) in [6.45, 7) is 1.10. The molecule has 0 amide bonds. The van der Waals surface area contributed by atoms with Crippen LogP contribution in [-0.4, -0.2) is 19.0 Å². The lowest BCUT2D eigenvalue weighted by atomic mass is 9.94. The molecule has 1 N–H and O–H groups in total. The van der Waals surface area contributed by atoms with E-state index in [0.29, 0.717) is 30.1 Å². The predicted octanol–water partition coefficient (Wildman–Crippen LogP) is 3.13. The Labute approximate surface area is 98.8 Å². The summed E-state index contributed by atoms with van der Waals surface area (Å²) in [6.07, 6.45) is 0.327. The first-order chi connectivity index (χ1) is 7.58. The summed E-state index contributed by atoms with van der Waals surface area (Å²) in [4.78, 5) is 0. The summed E-state index contributed by atoms with van der Waals surface area (Å²) in [5, 5.41) is 3.48. The second-order valence-electron chi connectivity index (χ2n) is 4.26. The highest BCUT2D eigenvalue weighted by molar-refractivity contribution is 6.30. The fourth-order valence-electron chi connectivity index (χ4n) is 2.08. The molecule has 4 heteroatoms. The maximum absolute atomic E-state index is 13.9. The average Bonchev–Trinajstić information content (AvgIpc) is 2.69. The molecule has 1 heterocycles. The molecule has 2 rings (SSSR count). The van der Waals surface area contributed by atoms with E-state index in [1.807, 2.05) is 0 Å². The Morgan fingerprint density at radius 1 is 1.44 bits per heavy atom. The van der Waals surface area contributed by atoms with Crippen molar-refractivity contribution >= 4 is 11.6 Å². The van der Waals surface area contributed by atoms with Crippen molar-refractivity contribution in [2.45, 2.75) is 18.8 Å². The molecule has 0 spiro atoms. The van der Waals surface area contributed by atoms with Crippen LogP contribution in [0.4, 0.5) is 8.78 Å². The molecule has 1 aromatic rings. The third kappa shape index (κ3) is 2.71. The maximum atomic E-state index is 13.9. The van der Waals surface area contributed by atoms with Crippen molar-refractivity contribution < 1.29 is 8.78 Å². The van der Waals surface area contributed by atoms with E-state index >= 15 is 0 Å². The number of benzene rings is 1. The summed E-state index contributed by atoms with van der Waals surface area (Å²) in [7, 11) is 0. The number of halogens is 3. The van der Waals surface area contributed by atoms with Gasteiger partial charge in [-0.25, -0.2) is 8.78 Å². The van der Waals surface area contributed by atoms with Gasteiger partial charge >= 0.3 is 0 Å². The summed E-state index contributed by atoms with van der Waals surface area (Å²) in [6, 6.07) is 6.71. The minimum absolute atomic E-state index is 0.222. The molecule has 1 atom stereocenters. The Morgan fingerprint density at radius 2 is 2.25 bits per heavy atom. The lowest BCUT2D eigenvalue weighted by molar-refractivity contribution is -0.0499. The molecular formula is C12H14ClF2N. The Hall–Kier alpha value is -0.670. The van der Waals surface area contributed by atoms with Crippen molar-refractivity contribution in [2.75, 3.05) is 13.1 Å². The quantitative estimate of drug-likeness (QED) is 0.863. The van der Waals surface area contributed by atoms with E-state index in [-0.39, 0.29) is 6.42 Å². The lowest BCUT2D eigenvalue weighted by Gasteiger charge is -2.22. The first-order valence-corrected chi connectivity index (χ1v) is 5.79. The summed E-state index contributed by atoms with van der Waals surface area (Å²) >= 11 is 5.78. The van der Waals surface area contributed by atoms with E-state index < -0.39 is 11.8 Å². The van der Waals surface area contributed by atoms with E-state index in [2.05, 4.69) is 5.32 Å². The zero-order valence-electron chi connectivity index (χ0n) is 8.85. The zero-order chi connectivity index (χ0) is 11.6. The number of rotatable bonds is 3. The Bertz CT molecular complexity index is 362. The average molecular weight is 246 g/mol. The molecule has 0 saturated carbocycles. The van der Waals surface area contributed by atoms with Crippen LogP contribution in [0.5, 0.6) is 0 Å². The van der Waals surface area contributed by atoms with E-state index in [4.69, 9.17) is 11.6 Å². The number of hydrogen-bond acceptors (Lipinski definition) is 1. The van der Waals surface area contributed by atoms with Gasteiger partial charge in [0.05, 0.1) is 0 Å². The normalized spacial score (nSPS) is 21.3. The molecular weight excluding hydrogens is 232 g/mol. The standard InChI is InChI=1S/C12H14ClF2N/c13-11-3-1-2-9(6-11)7-12(14,15)10-4-5-16-8-10/h1-3,6,10,16H,4-5,7-8H2. The zero-order valence-corrected chi connectivity index (χ0v) is 9.61. The first-order valence-electron chi connectivity index (χ1n) is 5.41. The highest BCUT2D eigenvalue weighted by atomic mass is 35.5. The van der Waals surface area contributed by atoms with Crippen molar-refractivity contribution in [3.63, 3.8) is 0 Å². The smallest absolute Gasteiger partial charge is 0.256 e. The number of alkyl halides is 2. The summed E-state index contributed by atoms with van der Waals surface area (Å²) in [5.74, 6) is -3.19. The highest BCUT2D eigenvalue weighted by Crippen LogP contribution is 2.33. The first kappa shape index (κ1) is 11.8. The fraction of sp³-hybridized carbons (Fsp3) is 0.500. The molecule has 16 heavy (non-hydrogen) atoms. The highest BCUT2D eigenvalue weighted by Gasteiger charge is 2.40. The van der Waals surface area contributed by atoms with Crippen LogP contribution in [0.15, 0.2) is 24.3 Å². The topological polar surface area (TPSA) is 12.0 Å². The Kier molecular flexibility index (Phi) is 3.45. The van der Waals surface area contributed by atoms with Crippen LogP contribution in [0, 0.1) is 5.92 Å². The molecule has 0 radical (unpaired) electrons. The third-order valence-corrected chi connectivity index (χ3v) is 3.22. The SMILES string of the molecule is FC(F)(Cc1cccc(Cl)c1)C1CCNC1. The van der Waals surface area contributed by atoms with Crippen LogP contribution in [0.1, 0.15) is 12.0 Å². The van der Waals surface area contributed by atoms with E-state index in [1.165, 1.54) is 0 Å². The second kappa shape index (κ2) is 4.68. The number of hydrogen-bond donors (Lipinski definition) is 1. The third-order valence-electron chi connectivity index (χ3n) is 2.99. The van der Waals surface area contributed by atoms with Crippen LogP contribution in [0.3, 0.4) is 0 Å². The largest absolute Gasteiger partial charge is 0.316 e. The van der Waals surface area contributed by atoms with Crippen LogP contribution >= 0.6 is 11.6 Å². The monoisotopic (exact) mass is 245 g/mol. The van der Waals surface area contributed by atoms with Crippen LogP contribution in [-0.2, 0) is 6.42 Å². The molecule has 1 saturated heterocycles. The van der Waals surface area contributed by atoms with Crippen molar-refractivity contribution in [2.24, 2.45) is 5.92 Å². The van der Waals surface area contributed by atoms with E-state index in [9.17, 15) is 8.78 Å². The minimum Gasteiger partial charge on any atom is -0.316 e. The minimum atomic E-state index is -2.64. The van der Waals surface area contributed by atoms with Crippen LogP contribution < -0.4 is 5.32 Å². The second-order valence-corrected chi connectivity index (χ2v) is 4.69. The van der Waals surface area contributed by atoms with Gasteiger partial charge < -0.3 is 5.32 Å². The fourth-order valence-corrected chi connectivity index (χ4v) is 2.29. The number of nitrogens with one attached hydrogen (secondary N) is 1. The Morgan fingerprint density at radius 3 is 2.88 bits per heavy atom. The molecule has 1 aliphatic heterocycles.